The molecule has 0 spiro atoms. The molecule has 0 saturated carbocycles. The second-order valence-corrected chi connectivity index (χ2v) is 5.17. The Morgan fingerprint density at radius 1 is 1.37 bits per heavy atom. The molecule has 1 unspecified atom stereocenters. The van der Waals surface area contributed by atoms with Crippen molar-refractivity contribution >= 4 is 5.91 Å². The van der Waals surface area contributed by atoms with Crippen molar-refractivity contribution in [2.75, 3.05) is 46.6 Å². The predicted molar refractivity (Wildman–Crippen MR) is 75.1 cm³/mol. The van der Waals surface area contributed by atoms with E-state index in [1.165, 1.54) is 0 Å². The summed E-state index contributed by atoms with van der Waals surface area (Å²) in [4.78, 5) is 12.4. The SMILES string of the molecule is CCCC1(C(=O)NCCOCCOC)CCCNC1. The van der Waals surface area contributed by atoms with Crippen LogP contribution in [0.5, 0.6) is 0 Å². The standard InChI is InChI=1S/C14H28N2O3/c1-3-5-14(6-4-7-15-12-14)13(17)16-8-9-19-11-10-18-2/h15H,3-12H2,1-2H3,(H,16,17). The van der Waals surface area contributed by atoms with Crippen LogP contribution in [0.4, 0.5) is 0 Å². The lowest BCUT2D eigenvalue weighted by atomic mass is 9.76. The molecule has 1 aliphatic rings. The fourth-order valence-electron chi connectivity index (χ4n) is 2.64. The minimum absolute atomic E-state index is 0.178. The molecule has 0 aromatic carbocycles. The van der Waals surface area contributed by atoms with Crippen LogP contribution in [0.2, 0.25) is 0 Å². The number of hydrogen-bond donors (Lipinski definition) is 2. The van der Waals surface area contributed by atoms with Gasteiger partial charge >= 0.3 is 0 Å². The molecule has 0 bridgehead atoms. The Bertz CT molecular complexity index is 248. The molecule has 1 heterocycles. The Kier molecular flexibility index (Phi) is 8.02. The van der Waals surface area contributed by atoms with Crippen LogP contribution in [0.1, 0.15) is 32.6 Å². The van der Waals surface area contributed by atoms with Crippen LogP contribution in [-0.4, -0.2) is 52.5 Å². The van der Waals surface area contributed by atoms with Gasteiger partial charge in [-0.2, -0.15) is 0 Å². The molecule has 5 nitrogen and oxygen atoms in total. The lowest BCUT2D eigenvalue weighted by Gasteiger charge is -2.36. The minimum Gasteiger partial charge on any atom is -0.382 e. The van der Waals surface area contributed by atoms with Crippen LogP contribution in [-0.2, 0) is 14.3 Å². The molecule has 1 aliphatic heterocycles. The second-order valence-electron chi connectivity index (χ2n) is 5.17. The molecule has 0 aromatic rings. The Hall–Kier alpha value is -0.650. The highest BCUT2D eigenvalue weighted by molar-refractivity contribution is 5.83. The molecule has 1 saturated heterocycles. The van der Waals surface area contributed by atoms with Crippen molar-refractivity contribution in [2.24, 2.45) is 5.41 Å². The molecule has 19 heavy (non-hydrogen) atoms. The lowest BCUT2D eigenvalue weighted by Crippen LogP contribution is -2.51. The van der Waals surface area contributed by atoms with Crippen molar-refractivity contribution < 1.29 is 14.3 Å². The lowest BCUT2D eigenvalue weighted by molar-refractivity contribution is -0.132. The number of nitrogens with one attached hydrogen (secondary N) is 2. The van der Waals surface area contributed by atoms with E-state index >= 15 is 0 Å². The Morgan fingerprint density at radius 2 is 2.21 bits per heavy atom. The molecule has 0 aliphatic carbocycles. The van der Waals surface area contributed by atoms with Crippen LogP contribution >= 0.6 is 0 Å². The van der Waals surface area contributed by atoms with Crippen molar-refractivity contribution in [3.63, 3.8) is 0 Å². The number of methoxy groups -OCH3 is 1. The Balaban J connectivity index is 2.28. The molecule has 1 fully saturated rings. The molecule has 0 radical (unpaired) electrons. The molecule has 2 N–H and O–H groups in total. The zero-order valence-electron chi connectivity index (χ0n) is 12.3. The van der Waals surface area contributed by atoms with Gasteiger partial charge in [-0.1, -0.05) is 13.3 Å². The van der Waals surface area contributed by atoms with Gasteiger partial charge in [0.15, 0.2) is 0 Å². The second kappa shape index (κ2) is 9.28. The van der Waals surface area contributed by atoms with E-state index in [0.717, 1.165) is 38.8 Å². The van der Waals surface area contributed by atoms with Crippen LogP contribution in [0.3, 0.4) is 0 Å². The van der Waals surface area contributed by atoms with E-state index in [1.54, 1.807) is 7.11 Å². The predicted octanol–water partition coefficient (Wildman–Crippen LogP) is 0.936. The molecule has 0 aromatic heterocycles. The monoisotopic (exact) mass is 272 g/mol. The maximum atomic E-state index is 12.4. The van der Waals surface area contributed by atoms with Gasteiger partial charge in [-0.25, -0.2) is 0 Å². The van der Waals surface area contributed by atoms with Gasteiger partial charge in [-0.15, -0.1) is 0 Å². The number of rotatable bonds is 9. The molecule has 1 amide bonds. The van der Waals surface area contributed by atoms with Crippen LogP contribution in [0, 0.1) is 5.41 Å². The van der Waals surface area contributed by atoms with E-state index in [2.05, 4.69) is 17.6 Å². The fourth-order valence-corrected chi connectivity index (χ4v) is 2.64. The van der Waals surface area contributed by atoms with Gasteiger partial charge in [0, 0.05) is 20.2 Å². The zero-order valence-corrected chi connectivity index (χ0v) is 12.3. The van der Waals surface area contributed by atoms with E-state index in [4.69, 9.17) is 9.47 Å². The van der Waals surface area contributed by atoms with Crippen molar-refractivity contribution in [3.05, 3.63) is 0 Å². The average molecular weight is 272 g/mol. The summed E-state index contributed by atoms with van der Waals surface area (Å²) in [6.07, 6.45) is 4.07. The fraction of sp³-hybridized carbons (Fsp3) is 0.929. The maximum Gasteiger partial charge on any atom is 0.227 e. The summed E-state index contributed by atoms with van der Waals surface area (Å²) in [6.45, 7) is 6.26. The maximum absolute atomic E-state index is 12.4. The molecule has 1 atom stereocenters. The summed E-state index contributed by atoms with van der Waals surface area (Å²) in [7, 11) is 1.65. The first kappa shape index (κ1) is 16.4. The molecular weight excluding hydrogens is 244 g/mol. The Morgan fingerprint density at radius 3 is 2.84 bits per heavy atom. The van der Waals surface area contributed by atoms with Gasteiger partial charge < -0.3 is 20.1 Å². The van der Waals surface area contributed by atoms with E-state index in [1.807, 2.05) is 0 Å². The van der Waals surface area contributed by atoms with Gasteiger partial charge in [-0.05, 0) is 25.8 Å². The van der Waals surface area contributed by atoms with E-state index in [-0.39, 0.29) is 11.3 Å². The van der Waals surface area contributed by atoms with E-state index in [0.29, 0.717) is 26.4 Å². The van der Waals surface area contributed by atoms with E-state index < -0.39 is 0 Å². The molecule has 5 heteroatoms. The first-order valence-electron chi connectivity index (χ1n) is 7.31. The topological polar surface area (TPSA) is 59.6 Å². The summed E-state index contributed by atoms with van der Waals surface area (Å²) < 4.78 is 10.2. The summed E-state index contributed by atoms with van der Waals surface area (Å²) in [5.74, 6) is 0.178. The van der Waals surface area contributed by atoms with Crippen molar-refractivity contribution in [1.29, 1.82) is 0 Å². The third kappa shape index (κ3) is 5.47. The first-order chi connectivity index (χ1) is 9.25. The number of carbonyl (C=O) groups is 1. The number of ether oxygens (including phenoxy) is 2. The summed E-state index contributed by atoms with van der Waals surface area (Å²) in [6, 6.07) is 0. The van der Waals surface area contributed by atoms with Gasteiger partial charge in [0.1, 0.15) is 0 Å². The normalized spacial score (nSPS) is 23.3. The number of amides is 1. The third-order valence-corrected chi connectivity index (χ3v) is 3.65. The van der Waals surface area contributed by atoms with Crippen molar-refractivity contribution in [1.82, 2.24) is 10.6 Å². The van der Waals surface area contributed by atoms with Gasteiger partial charge in [-0.3, -0.25) is 4.79 Å². The molecular formula is C14H28N2O3. The van der Waals surface area contributed by atoms with E-state index in [9.17, 15) is 4.79 Å². The first-order valence-corrected chi connectivity index (χ1v) is 7.31. The average Bonchev–Trinajstić information content (AvgIpc) is 2.44. The number of hydrogen-bond acceptors (Lipinski definition) is 4. The summed E-state index contributed by atoms with van der Waals surface area (Å²) >= 11 is 0. The van der Waals surface area contributed by atoms with Crippen molar-refractivity contribution in [2.45, 2.75) is 32.6 Å². The quantitative estimate of drug-likeness (QED) is 0.613. The number of carbonyl (C=O) groups excluding carboxylic acids is 1. The third-order valence-electron chi connectivity index (χ3n) is 3.65. The van der Waals surface area contributed by atoms with Crippen LogP contribution in [0.15, 0.2) is 0 Å². The highest BCUT2D eigenvalue weighted by Gasteiger charge is 2.38. The zero-order chi connectivity index (χ0) is 14.0. The minimum atomic E-state index is -0.209. The Labute approximate surface area is 116 Å². The number of piperidine rings is 1. The van der Waals surface area contributed by atoms with Crippen LogP contribution in [0.25, 0.3) is 0 Å². The van der Waals surface area contributed by atoms with Gasteiger partial charge in [0.25, 0.3) is 0 Å². The smallest absolute Gasteiger partial charge is 0.227 e. The van der Waals surface area contributed by atoms with Gasteiger partial charge in [0.2, 0.25) is 5.91 Å². The molecule has 1 rings (SSSR count). The van der Waals surface area contributed by atoms with Gasteiger partial charge in [0.05, 0.1) is 25.2 Å². The highest BCUT2D eigenvalue weighted by Crippen LogP contribution is 2.31. The highest BCUT2D eigenvalue weighted by atomic mass is 16.5. The van der Waals surface area contributed by atoms with Crippen LogP contribution < -0.4 is 10.6 Å². The van der Waals surface area contributed by atoms with Crippen molar-refractivity contribution in [3.8, 4) is 0 Å². The summed E-state index contributed by atoms with van der Waals surface area (Å²) in [5.41, 5.74) is -0.209. The largest absolute Gasteiger partial charge is 0.382 e. The summed E-state index contributed by atoms with van der Waals surface area (Å²) in [5, 5.41) is 6.36. The molecule has 112 valence electrons.